The largest absolute Gasteiger partial charge is 0.477 e. The van der Waals surface area contributed by atoms with Gasteiger partial charge in [-0.25, -0.2) is 9.78 Å². The normalized spacial score (nSPS) is 11.4. The number of hydrogen-bond acceptors (Lipinski definition) is 4. The molecule has 2 heterocycles. The number of rotatable bonds is 5. The van der Waals surface area contributed by atoms with Crippen LogP contribution in [0.3, 0.4) is 0 Å². The van der Waals surface area contributed by atoms with Crippen LogP contribution in [0.5, 0.6) is 0 Å². The molecule has 2 N–H and O–H groups in total. The van der Waals surface area contributed by atoms with Gasteiger partial charge in [0.05, 0.1) is 24.0 Å². The molecule has 0 spiro atoms. The fourth-order valence-electron chi connectivity index (χ4n) is 2.27. The van der Waals surface area contributed by atoms with Gasteiger partial charge in [-0.3, -0.25) is 9.48 Å². The number of carbonyl (C=O) groups excluding carboxylic acids is 1. The summed E-state index contributed by atoms with van der Waals surface area (Å²) in [6.45, 7) is 1.78. The van der Waals surface area contributed by atoms with E-state index in [2.05, 4.69) is 15.4 Å². The number of anilines is 1. The lowest BCUT2D eigenvalue weighted by atomic mass is 10.1. The van der Waals surface area contributed by atoms with Crippen LogP contribution >= 0.6 is 0 Å². The van der Waals surface area contributed by atoms with Gasteiger partial charge in [-0.2, -0.15) is 18.3 Å². The lowest BCUT2D eigenvalue weighted by Crippen LogP contribution is -2.20. The average molecular weight is 356 g/mol. The number of aromatic carboxylic acids is 1. The molecule has 2 aromatic rings. The molecule has 0 unspecified atom stereocenters. The van der Waals surface area contributed by atoms with Gasteiger partial charge in [0.1, 0.15) is 12.2 Å². The van der Waals surface area contributed by atoms with Crippen LogP contribution in [0, 0.1) is 13.8 Å². The number of aryl methyl sites for hydroxylation is 1. The van der Waals surface area contributed by atoms with Gasteiger partial charge in [0.2, 0.25) is 5.91 Å². The molecule has 0 atom stereocenters. The van der Waals surface area contributed by atoms with Crippen LogP contribution in [-0.4, -0.2) is 37.9 Å². The molecule has 0 saturated heterocycles. The molecule has 2 rings (SSSR count). The molecule has 1 amide bonds. The van der Waals surface area contributed by atoms with E-state index in [1.165, 1.54) is 32.2 Å². The summed E-state index contributed by atoms with van der Waals surface area (Å²) in [4.78, 5) is 26.5. The van der Waals surface area contributed by atoms with Crippen molar-refractivity contribution in [2.75, 3.05) is 5.32 Å². The summed E-state index contributed by atoms with van der Waals surface area (Å²) in [6.07, 6.45) is -3.37. The highest BCUT2D eigenvalue weighted by molar-refractivity contribution is 5.93. The van der Waals surface area contributed by atoms with E-state index in [4.69, 9.17) is 5.11 Å². The Morgan fingerprint density at radius 2 is 1.96 bits per heavy atom. The number of nitrogens with one attached hydrogen (secondary N) is 1. The average Bonchev–Trinajstić information content (AvgIpc) is 2.73. The van der Waals surface area contributed by atoms with Crippen molar-refractivity contribution in [3.05, 3.63) is 41.0 Å². The van der Waals surface area contributed by atoms with Gasteiger partial charge in [0.15, 0.2) is 0 Å². The Morgan fingerprint density at radius 3 is 2.48 bits per heavy atom. The second-order valence-corrected chi connectivity index (χ2v) is 5.38. The van der Waals surface area contributed by atoms with E-state index in [1.54, 1.807) is 0 Å². The van der Waals surface area contributed by atoms with E-state index in [-0.39, 0.29) is 23.5 Å². The molecular weight excluding hydrogens is 341 g/mol. The van der Waals surface area contributed by atoms with Crippen LogP contribution in [0.1, 0.15) is 27.4 Å². The van der Waals surface area contributed by atoms with Gasteiger partial charge in [-0.05, 0) is 26.0 Å². The van der Waals surface area contributed by atoms with Gasteiger partial charge in [-0.15, -0.1) is 0 Å². The number of alkyl halides is 3. The number of carbonyl (C=O) groups is 2. The number of carboxylic acid groups (broad SMARTS) is 1. The van der Waals surface area contributed by atoms with Crippen LogP contribution in [0.4, 0.5) is 18.9 Å². The van der Waals surface area contributed by atoms with E-state index in [0.717, 1.165) is 4.68 Å². The topological polar surface area (TPSA) is 97.1 Å². The molecule has 134 valence electrons. The second-order valence-electron chi connectivity index (χ2n) is 5.38. The summed E-state index contributed by atoms with van der Waals surface area (Å²) >= 11 is 0. The van der Waals surface area contributed by atoms with Gasteiger partial charge < -0.3 is 10.4 Å². The Balaban J connectivity index is 2.09. The van der Waals surface area contributed by atoms with Crippen molar-refractivity contribution in [1.82, 2.24) is 14.8 Å². The predicted octanol–water partition coefficient (Wildman–Crippen LogP) is 2.34. The minimum Gasteiger partial charge on any atom is -0.477 e. The highest BCUT2D eigenvalue weighted by Crippen LogP contribution is 2.21. The quantitative estimate of drug-likeness (QED) is 0.857. The molecule has 0 bridgehead atoms. The first-order valence-electron chi connectivity index (χ1n) is 7.15. The highest BCUT2D eigenvalue weighted by atomic mass is 19.4. The Kier molecular flexibility index (Phi) is 5.10. The Bertz CT molecular complexity index is 798. The molecule has 2 aromatic heterocycles. The van der Waals surface area contributed by atoms with Crippen molar-refractivity contribution < 1.29 is 27.9 Å². The molecule has 0 aliphatic carbocycles. The zero-order chi connectivity index (χ0) is 18.8. The lowest BCUT2D eigenvalue weighted by Gasteiger charge is -2.09. The van der Waals surface area contributed by atoms with Crippen molar-refractivity contribution >= 4 is 17.6 Å². The highest BCUT2D eigenvalue weighted by Gasteiger charge is 2.30. The van der Waals surface area contributed by atoms with Crippen molar-refractivity contribution in [1.29, 1.82) is 0 Å². The molecule has 25 heavy (non-hydrogen) atoms. The standard InChI is InChI=1S/C15H15F3N4O3/c1-8-11(9(2)22(21-8)7-15(16,17)18)5-13(23)20-10-3-4-12(14(24)25)19-6-10/h3-4,6H,5,7H2,1-2H3,(H,20,23)(H,24,25). The van der Waals surface area contributed by atoms with E-state index in [1.807, 2.05) is 0 Å². The summed E-state index contributed by atoms with van der Waals surface area (Å²) in [5, 5.41) is 15.1. The third-order valence-electron chi connectivity index (χ3n) is 3.46. The first kappa shape index (κ1) is 18.4. The molecule has 0 aliphatic heterocycles. The van der Waals surface area contributed by atoms with Crippen LogP contribution in [0.2, 0.25) is 0 Å². The smallest absolute Gasteiger partial charge is 0.408 e. The molecule has 0 aromatic carbocycles. The van der Waals surface area contributed by atoms with E-state index < -0.39 is 24.6 Å². The number of hydrogen-bond donors (Lipinski definition) is 2. The zero-order valence-corrected chi connectivity index (χ0v) is 13.4. The van der Waals surface area contributed by atoms with Gasteiger partial charge in [-0.1, -0.05) is 0 Å². The summed E-state index contributed by atoms with van der Waals surface area (Å²) < 4.78 is 38.4. The van der Waals surface area contributed by atoms with Crippen LogP contribution in [0.25, 0.3) is 0 Å². The number of amides is 1. The van der Waals surface area contributed by atoms with E-state index in [9.17, 15) is 22.8 Å². The number of halogens is 3. The van der Waals surface area contributed by atoms with Gasteiger partial charge >= 0.3 is 12.1 Å². The van der Waals surface area contributed by atoms with E-state index >= 15 is 0 Å². The van der Waals surface area contributed by atoms with Crippen molar-refractivity contribution in [2.24, 2.45) is 0 Å². The molecule has 0 saturated carbocycles. The molecule has 7 nitrogen and oxygen atoms in total. The monoisotopic (exact) mass is 356 g/mol. The second kappa shape index (κ2) is 6.91. The third kappa shape index (κ3) is 4.78. The summed E-state index contributed by atoms with van der Waals surface area (Å²) in [7, 11) is 0. The zero-order valence-electron chi connectivity index (χ0n) is 13.4. The Morgan fingerprint density at radius 1 is 1.28 bits per heavy atom. The molecule has 0 fully saturated rings. The van der Waals surface area contributed by atoms with Gasteiger partial charge in [0.25, 0.3) is 0 Å². The lowest BCUT2D eigenvalue weighted by molar-refractivity contribution is -0.143. The molecule has 0 radical (unpaired) electrons. The van der Waals surface area contributed by atoms with Crippen molar-refractivity contribution in [2.45, 2.75) is 33.0 Å². The first-order chi connectivity index (χ1) is 11.6. The SMILES string of the molecule is Cc1nn(CC(F)(F)F)c(C)c1CC(=O)Nc1ccc(C(=O)O)nc1. The van der Waals surface area contributed by atoms with E-state index in [0.29, 0.717) is 11.3 Å². The molecule has 10 heteroatoms. The maximum atomic E-state index is 12.5. The first-order valence-corrected chi connectivity index (χ1v) is 7.15. The summed E-state index contributed by atoms with van der Waals surface area (Å²) in [5.74, 6) is -1.66. The Hall–Kier alpha value is -2.91. The molecular formula is C15H15F3N4O3. The van der Waals surface area contributed by atoms with Crippen LogP contribution in [0.15, 0.2) is 18.3 Å². The number of carboxylic acids is 1. The van der Waals surface area contributed by atoms with Crippen molar-refractivity contribution in [3.63, 3.8) is 0 Å². The number of pyridine rings is 1. The number of aromatic nitrogens is 3. The Labute approximate surface area is 140 Å². The van der Waals surface area contributed by atoms with Crippen LogP contribution < -0.4 is 5.32 Å². The van der Waals surface area contributed by atoms with Crippen LogP contribution in [-0.2, 0) is 17.8 Å². The third-order valence-corrected chi connectivity index (χ3v) is 3.46. The van der Waals surface area contributed by atoms with Crippen molar-refractivity contribution in [3.8, 4) is 0 Å². The maximum Gasteiger partial charge on any atom is 0.408 e. The molecule has 0 aliphatic rings. The minimum absolute atomic E-state index is 0.157. The maximum absolute atomic E-state index is 12.5. The van der Waals surface area contributed by atoms with Gasteiger partial charge in [0, 0.05) is 11.3 Å². The fraction of sp³-hybridized carbons (Fsp3) is 0.333. The minimum atomic E-state index is -4.40. The number of nitrogens with zero attached hydrogens (tertiary/aromatic N) is 3. The predicted molar refractivity (Wildman–Crippen MR) is 81.3 cm³/mol. The summed E-state index contributed by atoms with van der Waals surface area (Å²) in [5.41, 5.74) is 1.14. The fourth-order valence-corrected chi connectivity index (χ4v) is 2.27. The summed E-state index contributed by atoms with van der Waals surface area (Å²) in [6, 6.07) is 2.61.